The van der Waals surface area contributed by atoms with Gasteiger partial charge in [0.1, 0.15) is 11.5 Å². The molecule has 0 aromatic carbocycles. The number of hydrogen-bond acceptors (Lipinski definition) is 4. The first kappa shape index (κ1) is 11.0. The molecule has 18 heavy (non-hydrogen) atoms. The molecule has 3 heterocycles. The second kappa shape index (κ2) is 4.27. The maximum atomic E-state index is 5.99. The lowest BCUT2D eigenvalue weighted by molar-refractivity contribution is 0.859. The summed E-state index contributed by atoms with van der Waals surface area (Å²) < 4.78 is 1.67. The summed E-state index contributed by atoms with van der Waals surface area (Å²) in [6.45, 7) is 2.02. The minimum atomic E-state index is 0.594. The molecule has 0 unspecified atom stereocenters. The van der Waals surface area contributed by atoms with E-state index in [0.717, 1.165) is 22.0 Å². The summed E-state index contributed by atoms with van der Waals surface area (Å²) in [6, 6.07) is 9.81. The molecule has 0 saturated heterocycles. The number of rotatable bonds is 2. The Morgan fingerprint density at radius 1 is 1.28 bits per heavy atom. The fourth-order valence-electron chi connectivity index (χ4n) is 1.76. The highest BCUT2D eigenvalue weighted by molar-refractivity contribution is 7.13. The summed E-state index contributed by atoms with van der Waals surface area (Å²) in [5.74, 6) is 1.34. The van der Waals surface area contributed by atoms with Crippen LogP contribution in [0.4, 0.5) is 5.82 Å². The van der Waals surface area contributed by atoms with Crippen LogP contribution in [-0.4, -0.2) is 14.8 Å². The smallest absolute Gasteiger partial charge is 0.155 e. The van der Waals surface area contributed by atoms with E-state index in [0.29, 0.717) is 5.82 Å². The van der Waals surface area contributed by atoms with Crippen LogP contribution in [0.2, 0.25) is 0 Å². The van der Waals surface area contributed by atoms with E-state index in [1.54, 1.807) is 22.2 Å². The van der Waals surface area contributed by atoms with Gasteiger partial charge in [-0.15, -0.1) is 11.3 Å². The van der Waals surface area contributed by atoms with Crippen LogP contribution in [0.15, 0.2) is 41.9 Å². The van der Waals surface area contributed by atoms with E-state index in [1.807, 2.05) is 42.6 Å². The molecule has 0 saturated carbocycles. The monoisotopic (exact) mass is 256 g/mol. The molecule has 0 fully saturated rings. The van der Waals surface area contributed by atoms with Crippen molar-refractivity contribution in [2.75, 3.05) is 5.73 Å². The largest absolute Gasteiger partial charge is 0.384 e. The summed E-state index contributed by atoms with van der Waals surface area (Å²) in [6.07, 6.45) is 1.76. The van der Waals surface area contributed by atoms with Gasteiger partial charge >= 0.3 is 0 Å². The molecule has 0 amide bonds. The molecule has 0 aliphatic heterocycles. The zero-order valence-electron chi connectivity index (χ0n) is 9.87. The number of aromatic nitrogens is 3. The van der Waals surface area contributed by atoms with Crippen LogP contribution in [0.1, 0.15) is 5.56 Å². The van der Waals surface area contributed by atoms with Crippen molar-refractivity contribution in [1.82, 2.24) is 14.8 Å². The van der Waals surface area contributed by atoms with Crippen molar-refractivity contribution in [1.29, 1.82) is 0 Å². The van der Waals surface area contributed by atoms with E-state index in [4.69, 9.17) is 5.73 Å². The Kier molecular flexibility index (Phi) is 2.60. The number of nitrogen functional groups attached to an aromatic ring is 1. The van der Waals surface area contributed by atoms with Crippen LogP contribution in [-0.2, 0) is 0 Å². The summed E-state index contributed by atoms with van der Waals surface area (Å²) in [7, 11) is 0. The number of hydrogen-bond donors (Lipinski definition) is 1. The lowest BCUT2D eigenvalue weighted by atomic mass is 10.3. The molecule has 2 N–H and O–H groups in total. The Hall–Kier alpha value is -2.14. The maximum absolute atomic E-state index is 5.99. The third-order valence-electron chi connectivity index (χ3n) is 2.63. The first-order valence-corrected chi connectivity index (χ1v) is 6.44. The van der Waals surface area contributed by atoms with Crippen molar-refractivity contribution in [2.24, 2.45) is 0 Å². The van der Waals surface area contributed by atoms with Gasteiger partial charge in [-0.3, -0.25) is 0 Å². The Labute approximate surface area is 109 Å². The van der Waals surface area contributed by atoms with E-state index in [2.05, 4.69) is 10.1 Å². The Balaban J connectivity index is 2.09. The molecular formula is C13H12N4S. The number of pyridine rings is 1. The topological polar surface area (TPSA) is 56.7 Å². The number of nitrogens with zero attached hydrogens (tertiary/aromatic N) is 3. The van der Waals surface area contributed by atoms with Crippen LogP contribution in [0.25, 0.3) is 16.4 Å². The van der Waals surface area contributed by atoms with Gasteiger partial charge < -0.3 is 5.73 Å². The van der Waals surface area contributed by atoms with Gasteiger partial charge in [0.2, 0.25) is 0 Å². The number of thiophene rings is 1. The molecule has 3 aromatic rings. The molecule has 0 bridgehead atoms. The Bertz CT molecular complexity index is 670. The van der Waals surface area contributed by atoms with Crippen LogP contribution in [0.5, 0.6) is 0 Å². The molecule has 0 radical (unpaired) electrons. The molecule has 90 valence electrons. The van der Waals surface area contributed by atoms with Crippen molar-refractivity contribution in [2.45, 2.75) is 6.92 Å². The molecule has 4 nitrogen and oxygen atoms in total. The number of anilines is 1. The quantitative estimate of drug-likeness (QED) is 0.767. The summed E-state index contributed by atoms with van der Waals surface area (Å²) in [5.41, 5.74) is 8.01. The van der Waals surface area contributed by atoms with Crippen LogP contribution in [0, 0.1) is 6.92 Å². The summed E-state index contributed by atoms with van der Waals surface area (Å²) >= 11 is 1.64. The van der Waals surface area contributed by atoms with Gasteiger partial charge in [-0.25, -0.2) is 4.98 Å². The van der Waals surface area contributed by atoms with E-state index in [1.165, 1.54) is 0 Å². The predicted octanol–water partition coefficient (Wildman–Crippen LogP) is 2.89. The van der Waals surface area contributed by atoms with E-state index < -0.39 is 0 Å². The fraction of sp³-hybridized carbons (Fsp3) is 0.0769. The molecule has 0 spiro atoms. The Morgan fingerprint density at radius 2 is 2.17 bits per heavy atom. The minimum absolute atomic E-state index is 0.594. The van der Waals surface area contributed by atoms with E-state index >= 15 is 0 Å². The minimum Gasteiger partial charge on any atom is -0.384 e. The first-order chi connectivity index (χ1) is 8.74. The van der Waals surface area contributed by atoms with Crippen LogP contribution >= 0.6 is 11.3 Å². The highest BCUT2D eigenvalue weighted by Crippen LogP contribution is 2.26. The Morgan fingerprint density at radius 3 is 2.89 bits per heavy atom. The third-order valence-corrected chi connectivity index (χ3v) is 3.52. The lowest BCUT2D eigenvalue weighted by Gasteiger charge is -2.02. The van der Waals surface area contributed by atoms with Crippen molar-refractivity contribution in [3.05, 3.63) is 47.5 Å². The molecule has 0 atom stereocenters. The first-order valence-electron chi connectivity index (χ1n) is 5.56. The second-order valence-corrected chi connectivity index (χ2v) is 4.98. The van der Waals surface area contributed by atoms with Gasteiger partial charge in [-0.2, -0.15) is 9.78 Å². The van der Waals surface area contributed by atoms with Gasteiger partial charge in [0.15, 0.2) is 5.82 Å². The average Bonchev–Trinajstić information content (AvgIpc) is 2.97. The van der Waals surface area contributed by atoms with Gasteiger partial charge in [0.05, 0.1) is 4.88 Å². The molecular weight excluding hydrogens is 244 g/mol. The van der Waals surface area contributed by atoms with Crippen molar-refractivity contribution >= 4 is 17.2 Å². The van der Waals surface area contributed by atoms with E-state index in [9.17, 15) is 0 Å². The van der Waals surface area contributed by atoms with Gasteiger partial charge in [-0.05, 0) is 36.1 Å². The average molecular weight is 256 g/mol. The highest BCUT2D eigenvalue weighted by atomic mass is 32.1. The second-order valence-electron chi connectivity index (χ2n) is 4.03. The summed E-state index contributed by atoms with van der Waals surface area (Å²) in [5, 5.41) is 6.53. The molecule has 3 aromatic heterocycles. The number of nitrogens with two attached hydrogens (primary N) is 1. The lowest BCUT2D eigenvalue weighted by Crippen LogP contribution is -2.03. The third kappa shape index (κ3) is 1.89. The standard InChI is InChI=1S/C13H12N4S/c1-9-4-5-15-13(7-9)17-12(14)8-10(16-17)11-3-2-6-18-11/h2-8H,14H2,1H3. The fourth-order valence-corrected chi connectivity index (χ4v) is 2.44. The van der Waals surface area contributed by atoms with Crippen molar-refractivity contribution in [3.63, 3.8) is 0 Å². The van der Waals surface area contributed by atoms with Gasteiger partial charge in [0.25, 0.3) is 0 Å². The predicted molar refractivity (Wildman–Crippen MR) is 73.8 cm³/mol. The molecule has 0 aliphatic rings. The highest BCUT2D eigenvalue weighted by Gasteiger charge is 2.10. The van der Waals surface area contributed by atoms with E-state index in [-0.39, 0.29) is 0 Å². The SMILES string of the molecule is Cc1ccnc(-n2nc(-c3cccs3)cc2N)c1. The van der Waals surface area contributed by atoms with Gasteiger partial charge in [0, 0.05) is 12.3 Å². The molecule has 5 heteroatoms. The zero-order valence-corrected chi connectivity index (χ0v) is 10.7. The zero-order chi connectivity index (χ0) is 12.5. The van der Waals surface area contributed by atoms with Crippen molar-refractivity contribution < 1.29 is 0 Å². The molecule has 0 aliphatic carbocycles. The maximum Gasteiger partial charge on any atom is 0.155 e. The normalized spacial score (nSPS) is 10.7. The van der Waals surface area contributed by atoms with Crippen LogP contribution < -0.4 is 5.73 Å². The summed E-state index contributed by atoms with van der Waals surface area (Å²) in [4.78, 5) is 5.39. The van der Waals surface area contributed by atoms with Crippen molar-refractivity contribution in [3.8, 4) is 16.4 Å². The van der Waals surface area contributed by atoms with Gasteiger partial charge in [-0.1, -0.05) is 6.07 Å². The van der Waals surface area contributed by atoms with Crippen LogP contribution in [0.3, 0.4) is 0 Å². The number of aryl methyl sites for hydroxylation is 1. The molecule has 3 rings (SSSR count).